The first-order valence-corrected chi connectivity index (χ1v) is 8.40. The van der Waals surface area contributed by atoms with Crippen molar-refractivity contribution >= 4 is 29.1 Å². The van der Waals surface area contributed by atoms with E-state index in [2.05, 4.69) is 25.8 Å². The smallest absolute Gasteiger partial charge is 0.368 e. The Morgan fingerprint density at radius 3 is 2.33 bits per heavy atom. The van der Waals surface area contributed by atoms with E-state index in [9.17, 15) is 13.2 Å². The zero-order valence-electron chi connectivity index (χ0n) is 14.0. The summed E-state index contributed by atoms with van der Waals surface area (Å²) in [6, 6.07) is 12.2. The molecule has 9 heteroatoms. The number of nitrogens with zero attached hydrogens (tertiary/aromatic N) is 3. The Morgan fingerprint density at radius 1 is 0.963 bits per heavy atom. The van der Waals surface area contributed by atoms with Crippen LogP contribution in [0.15, 0.2) is 54.7 Å². The first kappa shape index (κ1) is 18.9. The predicted molar refractivity (Wildman–Crippen MR) is 98.2 cm³/mol. The van der Waals surface area contributed by atoms with Crippen molar-refractivity contribution in [3.63, 3.8) is 0 Å². The Morgan fingerprint density at radius 2 is 1.67 bits per heavy atom. The lowest BCUT2D eigenvalue weighted by molar-refractivity contribution is -0.137. The first-order chi connectivity index (χ1) is 12.9. The number of benzene rings is 2. The molecule has 0 spiro atoms. The molecule has 0 aliphatic heterocycles. The molecule has 2 aromatic carbocycles. The van der Waals surface area contributed by atoms with E-state index in [0.717, 1.165) is 24.1 Å². The summed E-state index contributed by atoms with van der Waals surface area (Å²) < 4.78 is 37.8. The molecule has 0 unspecified atom stereocenters. The van der Waals surface area contributed by atoms with Crippen LogP contribution >= 0.6 is 11.6 Å². The summed E-state index contributed by atoms with van der Waals surface area (Å²) >= 11 is 5.85. The molecular formula is C18H15ClF3N5. The van der Waals surface area contributed by atoms with Crippen LogP contribution in [0.3, 0.4) is 0 Å². The number of alkyl halides is 3. The van der Waals surface area contributed by atoms with E-state index in [0.29, 0.717) is 23.1 Å². The van der Waals surface area contributed by atoms with Gasteiger partial charge in [0.05, 0.1) is 11.8 Å². The second-order valence-electron chi connectivity index (χ2n) is 5.67. The monoisotopic (exact) mass is 393 g/mol. The number of anilines is 3. The van der Waals surface area contributed by atoms with E-state index in [4.69, 9.17) is 11.6 Å². The van der Waals surface area contributed by atoms with Gasteiger partial charge in [0, 0.05) is 17.3 Å². The van der Waals surface area contributed by atoms with Crippen molar-refractivity contribution in [2.75, 3.05) is 17.2 Å². The zero-order valence-corrected chi connectivity index (χ0v) is 14.7. The van der Waals surface area contributed by atoms with Crippen molar-refractivity contribution in [1.29, 1.82) is 0 Å². The molecule has 0 radical (unpaired) electrons. The molecule has 3 aromatic rings. The third kappa shape index (κ3) is 5.55. The van der Waals surface area contributed by atoms with Crippen LogP contribution in [0.4, 0.5) is 30.6 Å². The van der Waals surface area contributed by atoms with Crippen LogP contribution in [0.25, 0.3) is 0 Å². The summed E-state index contributed by atoms with van der Waals surface area (Å²) in [7, 11) is 0. The van der Waals surface area contributed by atoms with Gasteiger partial charge in [-0.15, -0.1) is 5.10 Å². The van der Waals surface area contributed by atoms with E-state index in [1.807, 2.05) is 24.3 Å². The van der Waals surface area contributed by atoms with E-state index >= 15 is 0 Å². The van der Waals surface area contributed by atoms with Crippen LogP contribution in [-0.2, 0) is 12.6 Å². The fourth-order valence-electron chi connectivity index (χ4n) is 2.30. The minimum absolute atomic E-state index is 0.186. The Labute approximate surface area is 158 Å². The van der Waals surface area contributed by atoms with Crippen LogP contribution in [0.2, 0.25) is 5.02 Å². The number of nitrogens with one attached hydrogen (secondary N) is 2. The highest BCUT2D eigenvalue weighted by Crippen LogP contribution is 2.30. The molecule has 0 aliphatic carbocycles. The van der Waals surface area contributed by atoms with Crippen molar-refractivity contribution < 1.29 is 13.2 Å². The lowest BCUT2D eigenvalue weighted by Gasteiger charge is -2.09. The molecule has 3 rings (SSSR count). The number of rotatable bonds is 6. The Balaban J connectivity index is 1.57. The fourth-order valence-corrected chi connectivity index (χ4v) is 2.43. The van der Waals surface area contributed by atoms with Gasteiger partial charge in [-0.1, -0.05) is 23.7 Å². The van der Waals surface area contributed by atoms with Crippen LogP contribution in [0, 0.1) is 0 Å². The molecule has 0 saturated heterocycles. The Hall–Kier alpha value is -2.87. The lowest BCUT2D eigenvalue weighted by atomic mass is 10.1. The molecule has 0 saturated carbocycles. The maximum Gasteiger partial charge on any atom is 0.416 e. The normalized spacial score (nSPS) is 11.3. The van der Waals surface area contributed by atoms with Crippen molar-refractivity contribution in [2.24, 2.45) is 0 Å². The third-order valence-electron chi connectivity index (χ3n) is 3.66. The second kappa shape index (κ2) is 8.22. The van der Waals surface area contributed by atoms with Crippen LogP contribution in [-0.4, -0.2) is 21.7 Å². The highest BCUT2D eigenvalue weighted by atomic mass is 35.5. The maximum atomic E-state index is 12.6. The minimum Gasteiger partial charge on any atom is -0.368 e. The molecule has 27 heavy (non-hydrogen) atoms. The third-order valence-corrected chi connectivity index (χ3v) is 3.91. The number of hydrogen-bond donors (Lipinski definition) is 2. The minimum atomic E-state index is -4.37. The number of hydrogen-bond acceptors (Lipinski definition) is 5. The highest BCUT2D eigenvalue weighted by molar-refractivity contribution is 6.30. The average Bonchev–Trinajstić information content (AvgIpc) is 2.63. The summed E-state index contributed by atoms with van der Waals surface area (Å²) in [5.74, 6) is 0.694. The summed E-state index contributed by atoms with van der Waals surface area (Å²) in [5, 5.41) is 14.3. The van der Waals surface area contributed by atoms with Gasteiger partial charge < -0.3 is 10.6 Å². The zero-order chi connectivity index (χ0) is 19.3. The first-order valence-electron chi connectivity index (χ1n) is 8.02. The van der Waals surface area contributed by atoms with Gasteiger partial charge in [0.2, 0.25) is 5.95 Å². The molecule has 5 nitrogen and oxygen atoms in total. The summed E-state index contributed by atoms with van der Waals surface area (Å²) in [6.07, 6.45) is -2.13. The molecule has 1 heterocycles. The van der Waals surface area contributed by atoms with Crippen molar-refractivity contribution in [2.45, 2.75) is 12.6 Å². The molecule has 1 aromatic heterocycles. The molecule has 140 valence electrons. The van der Waals surface area contributed by atoms with Gasteiger partial charge in [-0.05, 0) is 48.4 Å². The molecule has 0 atom stereocenters. The lowest BCUT2D eigenvalue weighted by Crippen LogP contribution is -2.09. The molecule has 0 fully saturated rings. The van der Waals surface area contributed by atoms with Gasteiger partial charge >= 0.3 is 6.18 Å². The van der Waals surface area contributed by atoms with Gasteiger partial charge in [-0.3, -0.25) is 0 Å². The standard InChI is InChI=1S/C18H15ClF3N5/c19-14-5-1-12(2-6-14)9-10-23-16-11-24-27-17(26-16)25-15-7-3-13(4-8-15)18(20,21)22/h1-8,11H,9-10H2,(H2,23,25,26,27). The van der Waals surface area contributed by atoms with Gasteiger partial charge in [-0.25, -0.2) is 0 Å². The Bertz CT molecular complexity index is 883. The van der Waals surface area contributed by atoms with Gasteiger partial charge in [0.25, 0.3) is 0 Å². The van der Waals surface area contributed by atoms with Crippen molar-refractivity contribution in [3.8, 4) is 0 Å². The van der Waals surface area contributed by atoms with Gasteiger partial charge in [0.1, 0.15) is 0 Å². The van der Waals surface area contributed by atoms with Crippen molar-refractivity contribution in [1.82, 2.24) is 15.2 Å². The highest BCUT2D eigenvalue weighted by Gasteiger charge is 2.29. The average molecular weight is 394 g/mol. The number of aromatic nitrogens is 3. The molecule has 2 N–H and O–H groups in total. The topological polar surface area (TPSA) is 62.7 Å². The van der Waals surface area contributed by atoms with Gasteiger partial charge in [0.15, 0.2) is 5.82 Å². The largest absolute Gasteiger partial charge is 0.416 e. The molecule has 0 amide bonds. The summed E-state index contributed by atoms with van der Waals surface area (Å²) in [6.45, 7) is 0.625. The summed E-state index contributed by atoms with van der Waals surface area (Å²) in [4.78, 5) is 4.25. The van der Waals surface area contributed by atoms with Crippen LogP contribution in [0.1, 0.15) is 11.1 Å². The molecule has 0 bridgehead atoms. The van der Waals surface area contributed by atoms with Gasteiger partial charge in [-0.2, -0.15) is 23.3 Å². The van der Waals surface area contributed by atoms with E-state index in [1.54, 1.807) is 0 Å². The fraction of sp³-hybridized carbons (Fsp3) is 0.167. The van der Waals surface area contributed by atoms with E-state index < -0.39 is 11.7 Å². The van der Waals surface area contributed by atoms with E-state index in [-0.39, 0.29) is 5.95 Å². The summed E-state index contributed by atoms with van der Waals surface area (Å²) in [5.41, 5.74) is 0.838. The SMILES string of the molecule is FC(F)(F)c1ccc(Nc2nncc(NCCc3ccc(Cl)cc3)n2)cc1. The molecule has 0 aliphatic rings. The Kier molecular flexibility index (Phi) is 5.75. The van der Waals surface area contributed by atoms with Crippen LogP contribution < -0.4 is 10.6 Å². The maximum absolute atomic E-state index is 12.6. The van der Waals surface area contributed by atoms with Crippen molar-refractivity contribution in [3.05, 3.63) is 70.9 Å². The quantitative estimate of drug-likeness (QED) is 0.621. The molecular weight excluding hydrogens is 379 g/mol. The van der Waals surface area contributed by atoms with E-state index in [1.165, 1.54) is 18.3 Å². The second-order valence-corrected chi connectivity index (χ2v) is 6.11. The predicted octanol–water partition coefficient (Wildman–Crippen LogP) is 4.94. The van der Waals surface area contributed by atoms with Crippen LogP contribution in [0.5, 0.6) is 0 Å². The number of halogens is 4.